The number of ether oxygens (including phenoxy) is 1. The number of nitriles is 1. The Morgan fingerprint density at radius 2 is 2.11 bits per heavy atom. The largest absolute Gasteiger partial charge is 0.434 e. The maximum atomic E-state index is 13.3. The van der Waals surface area contributed by atoms with Gasteiger partial charge < -0.3 is 10.5 Å². The summed E-state index contributed by atoms with van der Waals surface area (Å²) >= 11 is 0. The third kappa shape index (κ3) is 2.20. The minimum absolute atomic E-state index is 0.0673. The van der Waals surface area contributed by atoms with Gasteiger partial charge in [0, 0.05) is 6.20 Å². The third-order valence-corrected chi connectivity index (χ3v) is 2.13. The van der Waals surface area contributed by atoms with E-state index in [0.717, 1.165) is 6.07 Å². The second-order valence-electron chi connectivity index (χ2n) is 3.38. The molecule has 2 rings (SSSR count). The first-order chi connectivity index (χ1) is 8.61. The lowest BCUT2D eigenvalue weighted by Gasteiger charge is -2.08. The molecule has 2 aromatic rings. The van der Waals surface area contributed by atoms with Gasteiger partial charge in [-0.3, -0.25) is 0 Å². The topological polar surface area (TPSA) is 71.9 Å². The summed E-state index contributed by atoms with van der Waals surface area (Å²) in [6.07, 6.45) is 1.23. The molecule has 18 heavy (non-hydrogen) atoms. The van der Waals surface area contributed by atoms with E-state index in [9.17, 15) is 8.78 Å². The molecule has 0 aliphatic rings. The summed E-state index contributed by atoms with van der Waals surface area (Å²) in [5, 5.41) is 8.63. The lowest BCUT2D eigenvalue weighted by atomic mass is 10.3. The smallest absolute Gasteiger partial charge is 0.242 e. The summed E-state index contributed by atoms with van der Waals surface area (Å²) in [7, 11) is 0. The highest BCUT2D eigenvalue weighted by Gasteiger charge is 2.12. The molecule has 90 valence electrons. The maximum Gasteiger partial charge on any atom is 0.242 e. The molecule has 0 aliphatic heterocycles. The molecule has 0 atom stereocenters. The van der Waals surface area contributed by atoms with Crippen molar-refractivity contribution in [3.8, 4) is 17.7 Å². The van der Waals surface area contributed by atoms with E-state index < -0.39 is 11.6 Å². The molecular formula is C12H7F2N3O. The molecule has 0 radical (unpaired) electrons. The number of hydrogen-bond acceptors (Lipinski definition) is 4. The highest BCUT2D eigenvalue weighted by Crippen LogP contribution is 2.28. The second-order valence-corrected chi connectivity index (χ2v) is 3.38. The van der Waals surface area contributed by atoms with Crippen molar-refractivity contribution in [2.45, 2.75) is 0 Å². The molecular weight excluding hydrogens is 240 g/mol. The first kappa shape index (κ1) is 11.8. The van der Waals surface area contributed by atoms with E-state index in [1.807, 2.05) is 6.07 Å². The van der Waals surface area contributed by atoms with Crippen molar-refractivity contribution in [2.75, 3.05) is 5.73 Å². The Labute approximate surface area is 101 Å². The number of rotatable bonds is 2. The molecule has 2 N–H and O–H groups in total. The number of nitrogens with two attached hydrogens (primary N) is 1. The van der Waals surface area contributed by atoms with Crippen molar-refractivity contribution >= 4 is 5.69 Å². The van der Waals surface area contributed by atoms with Crippen molar-refractivity contribution < 1.29 is 13.5 Å². The van der Waals surface area contributed by atoms with Gasteiger partial charge in [0.2, 0.25) is 11.7 Å². The number of nitrogen functional groups attached to an aromatic ring is 1. The molecule has 0 spiro atoms. The zero-order valence-electron chi connectivity index (χ0n) is 9.02. The molecule has 1 aromatic carbocycles. The van der Waals surface area contributed by atoms with Gasteiger partial charge in [-0.05, 0) is 18.2 Å². The molecule has 0 saturated carbocycles. The summed E-state index contributed by atoms with van der Waals surface area (Å²) in [5.74, 6) is -2.56. The standard InChI is InChI=1S/C12H7F2N3O/c13-8-2-1-3-10(11(8)14)18-12-9(16)4-7(5-15)6-17-12/h1-4,6H,16H2. The van der Waals surface area contributed by atoms with Gasteiger partial charge in [-0.2, -0.15) is 9.65 Å². The highest BCUT2D eigenvalue weighted by atomic mass is 19.2. The SMILES string of the molecule is N#Cc1cnc(Oc2cccc(F)c2F)c(N)c1. The van der Waals surface area contributed by atoms with E-state index in [0.29, 0.717) is 0 Å². The van der Waals surface area contributed by atoms with Crippen molar-refractivity contribution in [1.82, 2.24) is 4.98 Å². The van der Waals surface area contributed by atoms with Gasteiger partial charge in [0.25, 0.3) is 0 Å². The van der Waals surface area contributed by atoms with Crippen LogP contribution >= 0.6 is 0 Å². The predicted octanol–water partition coefficient (Wildman–Crippen LogP) is 2.61. The fraction of sp³-hybridized carbons (Fsp3) is 0. The first-order valence-corrected chi connectivity index (χ1v) is 4.89. The van der Waals surface area contributed by atoms with Gasteiger partial charge in [0.15, 0.2) is 11.6 Å². The van der Waals surface area contributed by atoms with E-state index in [-0.39, 0.29) is 22.9 Å². The quantitative estimate of drug-likeness (QED) is 0.885. The van der Waals surface area contributed by atoms with Crippen LogP contribution in [0.25, 0.3) is 0 Å². The first-order valence-electron chi connectivity index (χ1n) is 4.89. The Morgan fingerprint density at radius 1 is 1.33 bits per heavy atom. The Kier molecular flexibility index (Phi) is 3.06. The maximum absolute atomic E-state index is 13.3. The van der Waals surface area contributed by atoms with Crippen LogP contribution in [0.2, 0.25) is 0 Å². The highest BCUT2D eigenvalue weighted by molar-refractivity contribution is 5.53. The number of halogens is 2. The Bertz CT molecular complexity index is 638. The molecule has 0 unspecified atom stereocenters. The van der Waals surface area contributed by atoms with E-state index in [1.165, 1.54) is 24.4 Å². The Hall–Kier alpha value is -2.68. The average molecular weight is 247 g/mol. The Morgan fingerprint density at radius 3 is 2.78 bits per heavy atom. The molecule has 0 bridgehead atoms. The van der Waals surface area contributed by atoms with Gasteiger partial charge in [0.1, 0.15) is 6.07 Å². The summed E-state index contributed by atoms with van der Waals surface area (Å²) in [6, 6.07) is 6.70. The zero-order chi connectivity index (χ0) is 13.1. The van der Waals surface area contributed by atoms with Crippen molar-refractivity contribution in [2.24, 2.45) is 0 Å². The van der Waals surface area contributed by atoms with Crippen LogP contribution in [-0.4, -0.2) is 4.98 Å². The van der Waals surface area contributed by atoms with Crippen LogP contribution < -0.4 is 10.5 Å². The van der Waals surface area contributed by atoms with E-state index in [2.05, 4.69) is 4.98 Å². The molecule has 0 amide bonds. The van der Waals surface area contributed by atoms with Crippen molar-refractivity contribution in [3.05, 3.63) is 47.7 Å². The summed E-state index contributed by atoms with van der Waals surface area (Å²) < 4.78 is 31.4. The van der Waals surface area contributed by atoms with Crippen LogP contribution in [-0.2, 0) is 0 Å². The van der Waals surface area contributed by atoms with Gasteiger partial charge in [-0.1, -0.05) is 6.07 Å². The van der Waals surface area contributed by atoms with E-state index >= 15 is 0 Å². The number of benzene rings is 1. The van der Waals surface area contributed by atoms with E-state index in [1.54, 1.807) is 0 Å². The summed E-state index contributed by atoms with van der Waals surface area (Å²) in [4.78, 5) is 3.76. The van der Waals surface area contributed by atoms with Gasteiger partial charge >= 0.3 is 0 Å². The van der Waals surface area contributed by atoms with Crippen LogP contribution in [0.1, 0.15) is 5.56 Å². The molecule has 6 heteroatoms. The molecule has 4 nitrogen and oxygen atoms in total. The monoisotopic (exact) mass is 247 g/mol. The lowest BCUT2D eigenvalue weighted by Crippen LogP contribution is -1.98. The van der Waals surface area contributed by atoms with Crippen LogP contribution in [0.3, 0.4) is 0 Å². The minimum atomic E-state index is -1.12. The molecule has 0 aliphatic carbocycles. The number of nitrogens with zero attached hydrogens (tertiary/aromatic N) is 2. The molecule has 1 heterocycles. The Balaban J connectivity index is 2.35. The van der Waals surface area contributed by atoms with E-state index in [4.69, 9.17) is 15.7 Å². The van der Waals surface area contributed by atoms with Gasteiger partial charge in [0.05, 0.1) is 11.3 Å². The predicted molar refractivity (Wildman–Crippen MR) is 59.8 cm³/mol. The lowest BCUT2D eigenvalue weighted by molar-refractivity contribution is 0.407. The third-order valence-electron chi connectivity index (χ3n) is 2.13. The van der Waals surface area contributed by atoms with Crippen LogP contribution in [0, 0.1) is 23.0 Å². The molecule has 0 saturated heterocycles. The summed E-state index contributed by atoms with van der Waals surface area (Å²) in [5.41, 5.74) is 5.90. The fourth-order valence-corrected chi connectivity index (χ4v) is 1.28. The number of pyridine rings is 1. The minimum Gasteiger partial charge on any atom is -0.434 e. The van der Waals surface area contributed by atoms with Crippen LogP contribution in [0.5, 0.6) is 11.6 Å². The summed E-state index contributed by atoms with van der Waals surface area (Å²) in [6.45, 7) is 0. The number of anilines is 1. The number of hydrogen-bond donors (Lipinski definition) is 1. The zero-order valence-corrected chi connectivity index (χ0v) is 9.02. The van der Waals surface area contributed by atoms with Crippen LogP contribution in [0.4, 0.5) is 14.5 Å². The normalized spacial score (nSPS) is 9.83. The van der Waals surface area contributed by atoms with Crippen molar-refractivity contribution in [1.29, 1.82) is 5.26 Å². The average Bonchev–Trinajstić information content (AvgIpc) is 2.37. The van der Waals surface area contributed by atoms with Crippen LogP contribution in [0.15, 0.2) is 30.5 Å². The molecule has 0 fully saturated rings. The number of aromatic nitrogens is 1. The molecule has 1 aromatic heterocycles. The van der Waals surface area contributed by atoms with Crippen molar-refractivity contribution in [3.63, 3.8) is 0 Å². The van der Waals surface area contributed by atoms with Gasteiger partial charge in [-0.25, -0.2) is 9.37 Å². The van der Waals surface area contributed by atoms with Gasteiger partial charge in [-0.15, -0.1) is 0 Å². The fourth-order valence-electron chi connectivity index (χ4n) is 1.28. The second kappa shape index (κ2) is 4.67.